The molecule has 5 nitrogen and oxygen atoms in total. The third-order valence-corrected chi connectivity index (χ3v) is 6.13. The molecule has 0 aliphatic carbocycles. The third kappa shape index (κ3) is 4.69. The van der Waals surface area contributed by atoms with Crippen LogP contribution in [0.4, 0.5) is 0 Å². The van der Waals surface area contributed by atoms with Crippen LogP contribution >= 0.6 is 0 Å². The van der Waals surface area contributed by atoms with E-state index in [1.54, 1.807) is 0 Å². The van der Waals surface area contributed by atoms with E-state index in [1.807, 2.05) is 42.5 Å². The van der Waals surface area contributed by atoms with E-state index in [-0.39, 0.29) is 19.0 Å². The van der Waals surface area contributed by atoms with Gasteiger partial charge in [0.15, 0.2) is 5.78 Å². The highest BCUT2D eigenvalue weighted by atomic mass is 16.5. The number of ether oxygens (including phenoxy) is 2. The molecule has 5 heteroatoms. The van der Waals surface area contributed by atoms with E-state index >= 15 is 0 Å². The lowest BCUT2D eigenvalue weighted by atomic mass is 9.98. The number of rotatable bonds is 6. The maximum Gasteiger partial charge on any atom is 0.174 e. The molecule has 0 bridgehead atoms. The Morgan fingerprint density at radius 2 is 1.81 bits per heavy atom. The molecular weight excluding hydrogens is 402 g/mol. The number of carbonyl (C=O) groups excluding carboxylic acids is 1. The fourth-order valence-electron chi connectivity index (χ4n) is 4.48. The zero-order valence-electron chi connectivity index (χ0n) is 18.0. The average molecular weight is 430 g/mol. The monoisotopic (exact) mass is 429 g/mol. The molecular formula is C27H27NO4. The number of hydrogen-bond donors (Lipinski definition) is 1. The molecule has 0 amide bonds. The maximum atomic E-state index is 11.7. The quantitative estimate of drug-likeness (QED) is 0.648. The molecule has 0 fully saturated rings. The summed E-state index contributed by atoms with van der Waals surface area (Å²) >= 11 is 0. The number of fused-ring (bicyclic) bond motifs is 2. The Kier molecular flexibility index (Phi) is 5.93. The molecule has 2 aliphatic rings. The van der Waals surface area contributed by atoms with Crippen molar-refractivity contribution in [2.45, 2.75) is 25.5 Å². The molecule has 5 rings (SSSR count). The Balaban J connectivity index is 1.19. The molecule has 0 saturated carbocycles. The van der Waals surface area contributed by atoms with Crippen molar-refractivity contribution in [1.29, 1.82) is 0 Å². The molecule has 2 aliphatic heterocycles. The Morgan fingerprint density at radius 1 is 0.969 bits per heavy atom. The van der Waals surface area contributed by atoms with E-state index in [4.69, 9.17) is 9.47 Å². The van der Waals surface area contributed by atoms with E-state index in [1.165, 1.54) is 11.1 Å². The minimum absolute atomic E-state index is 0.0953. The summed E-state index contributed by atoms with van der Waals surface area (Å²) in [7, 11) is 0. The summed E-state index contributed by atoms with van der Waals surface area (Å²) in [6.45, 7) is 2.81. The van der Waals surface area contributed by atoms with Gasteiger partial charge in [0, 0.05) is 31.6 Å². The van der Waals surface area contributed by atoms with Gasteiger partial charge in [-0.25, -0.2) is 0 Å². The minimum atomic E-state index is -0.559. The van der Waals surface area contributed by atoms with Crippen LogP contribution in [0.3, 0.4) is 0 Å². The number of nitrogens with zero attached hydrogens (tertiary/aromatic N) is 1. The van der Waals surface area contributed by atoms with Crippen LogP contribution < -0.4 is 9.47 Å². The summed E-state index contributed by atoms with van der Waals surface area (Å²) in [6.07, 6.45) is 0.867. The van der Waals surface area contributed by atoms with Gasteiger partial charge in [-0.2, -0.15) is 0 Å². The van der Waals surface area contributed by atoms with Gasteiger partial charge in [0.25, 0.3) is 0 Å². The highest BCUT2D eigenvalue weighted by molar-refractivity contribution is 5.85. The number of aliphatic hydroxyl groups excluding tert-OH is 1. The van der Waals surface area contributed by atoms with Gasteiger partial charge >= 0.3 is 0 Å². The molecule has 0 aromatic heterocycles. The lowest BCUT2D eigenvalue weighted by molar-refractivity contribution is -0.121. The van der Waals surface area contributed by atoms with E-state index in [0.29, 0.717) is 13.0 Å². The molecule has 1 N–H and O–H groups in total. The van der Waals surface area contributed by atoms with Gasteiger partial charge in [-0.3, -0.25) is 9.69 Å². The molecule has 0 radical (unpaired) electrons. The molecule has 2 heterocycles. The fraction of sp³-hybridized carbons (Fsp3) is 0.296. The molecule has 1 unspecified atom stereocenters. The molecule has 1 atom stereocenters. The second-order valence-corrected chi connectivity index (χ2v) is 8.57. The molecule has 32 heavy (non-hydrogen) atoms. The molecule has 0 spiro atoms. The molecule has 0 saturated heterocycles. The zero-order valence-corrected chi connectivity index (χ0v) is 18.0. The van der Waals surface area contributed by atoms with Crippen LogP contribution in [0.15, 0.2) is 66.7 Å². The third-order valence-electron chi connectivity index (χ3n) is 6.13. The van der Waals surface area contributed by atoms with E-state index in [9.17, 15) is 9.90 Å². The van der Waals surface area contributed by atoms with Gasteiger partial charge < -0.3 is 14.6 Å². The van der Waals surface area contributed by atoms with Crippen LogP contribution in [0, 0.1) is 0 Å². The summed E-state index contributed by atoms with van der Waals surface area (Å²) in [5.74, 6) is 1.60. The number of aliphatic hydroxyl groups is 1. The minimum Gasteiger partial charge on any atom is -0.491 e. The Morgan fingerprint density at radius 3 is 2.72 bits per heavy atom. The van der Waals surface area contributed by atoms with Gasteiger partial charge in [0.2, 0.25) is 0 Å². The number of hydrogen-bond acceptors (Lipinski definition) is 5. The Bertz CT molecular complexity index is 1130. The fourth-order valence-corrected chi connectivity index (χ4v) is 4.48. The Hall–Kier alpha value is -3.15. The van der Waals surface area contributed by atoms with Crippen LogP contribution in [0.25, 0.3) is 11.1 Å². The second-order valence-electron chi connectivity index (χ2n) is 8.57. The summed E-state index contributed by atoms with van der Waals surface area (Å²) in [5, 5.41) is 10.5. The highest BCUT2D eigenvalue weighted by Crippen LogP contribution is 2.31. The Labute approximate surface area is 188 Å². The predicted octanol–water partition coefficient (Wildman–Crippen LogP) is 3.66. The molecule has 3 aromatic rings. The van der Waals surface area contributed by atoms with Crippen molar-refractivity contribution < 1.29 is 19.4 Å². The number of Topliss-reactive ketones (excluding diaryl/α,β-unsaturated/α-hetero) is 1. The van der Waals surface area contributed by atoms with Crippen molar-refractivity contribution in [2.75, 3.05) is 26.3 Å². The smallest absolute Gasteiger partial charge is 0.174 e. The summed E-state index contributed by atoms with van der Waals surface area (Å²) < 4.78 is 11.4. The van der Waals surface area contributed by atoms with Crippen LogP contribution in [0.2, 0.25) is 0 Å². The van der Waals surface area contributed by atoms with Crippen LogP contribution in [0.5, 0.6) is 11.5 Å². The highest BCUT2D eigenvalue weighted by Gasteiger charge is 2.19. The van der Waals surface area contributed by atoms with Gasteiger partial charge in [0.1, 0.15) is 30.8 Å². The summed E-state index contributed by atoms with van der Waals surface area (Å²) in [4.78, 5) is 14.0. The van der Waals surface area contributed by atoms with Crippen molar-refractivity contribution in [3.05, 3.63) is 83.4 Å². The maximum absolute atomic E-state index is 11.7. The van der Waals surface area contributed by atoms with Crippen LogP contribution in [-0.2, 0) is 24.2 Å². The van der Waals surface area contributed by atoms with Crippen LogP contribution in [-0.4, -0.2) is 48.2 Å². The van der Waals surface area contributed by atoms with Gasteiger partial charge in [-0.1, -0.05) is 42.5 Å². The van der Waals surface area contributed by atoms with Crippen molar-refractivity contribution in [1.82, 2.24) is 4.90 Å². The first kappa shape index (κ1) is 20.7. The largest absolute Gasteiger partial charge is 0.491 e. The van der Waals surface area contributed by atoms with E-state index in [2.05, 4.69) is 29.2 Å². The van der Waals surface area contributed by atoms with Crippen molar-refractivity contribution >= 4 is 5.78 Å². The standard InChI is InChI=1S/C27H27NO4/c29-24-13-23-12-21(8-9-27(23)32-17-24)20-6-3-7-26(14-20)31-18-25(30)16-28-11-10-19-4-1-2-5-22(19)15-28/h1-9,12,14,25,30H,10-11,13,15-18H2. The SMILES string of the molecule is O=C1COc2ccc(-c3cccc(OCC(O)CN4CCc5ccccc5C4)c3)cc2C1. The van der Waals surface area contributed by atoms with Crippen LogP contribution in [0.1, 0.15) is 16.7 Å². The number of β-amino-alcohol motifs (C(OH)–C–C–N with tert-alkyl or cyclic N) is 1. The van der Waals surface area contributed by atoms with Crippen molar-refractivity contribution in [3.63, 3.8) is 0 Å². The first-order valence-corrected chi connectivity index (χ1v) is 11.1. The van der Waals surface area contributed by atoms with Gasteiger partial charge in [0.05, 0.1) is 0 Å². The van der Waals surface area contributed by atoms with Crippen molar-refractivity contribution in [3.8, 4) is 22.6 Å². The average Bonchev–Trinajstić information content (AvgIpc) is 2.82. The molecule has 164 valence electrons. The topological polar surface area (TPSA) is 59.0 Å². The lowest BCUT2D eigenvalue weighted by Gasteiger charge is -2.30. The van der Waals surface area contributed by atoms with E-state index in [0.717, 1.165) is 47.7 Å². The van der Waals surface area contributed by atoms with Gasteiger partial charge in [-0.15, -0.1) is 0 Å². The second kappa shape index (κ2) is 9.15. The number of benzene rings is 3. The summed E-state index contributed by atoms with van der Waals surface area (Å²) in [5.41, 5.74) is 5.69. The lowest BCUT2D eigenvalue weighted by Crippen LogP contribution is -2.38. The van der Waals surface area contributed by atoms with Gasteiger partial charge in [-0.05, 0) is 52.9 Å². The summed E-state index contributed by atoms with van der Waals surface area (Å²) in [6, 6.07) is 22.3. The van der Waals surface area contributed by atoms with E-state index < -0.39 is 6.10 Å². The number of carbonyl (C=O) groups is 1. The first-order chi connectivity index (χ1) is 15.6. The zero-order chi connectivity index (χ0) is 21.9. The first-order valence-electron chi connectivity index (χ1n) is 11.1. The molecule has 3 aromatic carbocycles. The van der Waals surface area contributed by atoms with Crippen molar-refractivity contribution in [2.24, 2.45) is 0 Å². The normalized spacial score (nSPS) is 16.6. The predicted molar refractivity (Wildman–Crippen MR) is 123 cm³/mol. The number of ketones is 1.